The maximum absolute atomic E-state index is 5.57. The third-order valence-electron chi connectivity index (χ3n) is 3.03. The first-order valence-corrected chi connectivity index (χ1v) is 6.62. The largest absolute Gasteiger partial charge is 0.381 e. The van der Waals surface area contributed by atoms with Gasteiger partial charge in [-0.25, -0.2) is 0 Å². The average Bonchev–Trinajstić information content (AvgIpc) is 3.18. The van der Waals surface area contributed by atoms with E-state index in [0.29, 0.717) is 0 Å². The van der Waals surface area contributed by atoms with Crippen LogP contribution in [0.2, 0.25) is 0 Å². The Bertz CT molecular complexity index is 298. The lowest BCUT2D eigenvalue weighted by Gasteiger charge is -2.05. The van der Waals surface area contributed by atoms with Crippen molar-refractivity contribution in [3.63, 3.8) is 0 Å². The predicted octanol–water partition coefficient (Wildman–Crippen LogP) is 2.03. The van der Waals surface area contributed by atoms with Crippen LogP contribution in [0.5, 0.6) is 0 Å². The molecule has 3 heteroatoms. The molecule has 1 aromatic rings. The highest BCUT2D eigenvalue weighted by Gasteiger charge is 2.20. The zero-order chi connectivity index (χ0) is 11.8. The minimum Gasteiger partial charge on any atom is -0.381 e. The molecule has 1 saturated carbocycles. The number of hydrogen-bond donors (Lipinski definition) is 1. The van der Waals surface area contributed by atoms with Crippen molar-refractivity contribution in [2.45, 2.75) is 25.7 Å². The molecule has 3 nitrogen and oxygen atoms in total. The van der Waals surface area contributed by atoms with Crippen molar-refractivity contribution >= 4 is 0 Å². The normalized spacial score (nSPS) is 15.1. The van der Waals surface area contributed by atoms with Gasteiger partial charge in [-0.1, -0.05) is 0 Å². The summed E-state index contributed by atoms with van der Waals surface area (Å²) in [5.41, 5.74) is 1.34. The van der Waals surface area contributed by atoms with Gasteiger partial charge in [0.25, 0.3) is 0 Å². The van der Waals surface area contributed by atoms with Gasteiger partial charge in [0, 0.05) is 25.6 Å². The lowest BCUT2D eigenvalue weighted by molar-refractivity contribution is 0.122. The van der Waals surface area contributed by atoms with Crippen molar-refractivity contribution in [3.05, 3.63) is 30.1 Å². The SMILES string of the molecule is c1cc(CCNCCCOCC2CC2)ccn1. The molecule has 1 aliphatic rings. The molecule has 17 heavy (non-hydrogen) atoms. The number of rotatable bonds is 9. The average molecular weight is 234 g/mol. The van der Waals surface area contributed by atoms with Crippen molar-refractivity contribution in [2.75, 3.05) is 26.3 Å². The molecule has 0 atom stereocenters. The highest BCUT2D eigenvalue weighted by molar-refractivity contribution is 5.09. The fraction of sp³-hybridized carbons (Fsp3) is 0.643. The molecular weight excluding hydrogens is 212 g/mol. The van der Waals surface area contributed by atoms with Gasteiger partial charge in [-0.2, -0.15) is 0 Å². The molecule has 0 aliphatic heterocycles. The second-order valence-corrected chi connectivity index (χ2v) is 4.73. The van der Waals surface area contributed by atoms with E-state index in [0.717, 1.165) is 45.1 Å². The van der Waals surface area contributed by atoms with Gasteiger partial charge < -0.3 is 10.1 Å². The molecule has 0 radical (unpaired) electrons. The lowest BCUT2D eigenvalue weighted by atomic mass is 10.2. The zero-order valence-corrected chi connectivity index (χ0v) is 10.4. The third-order valence-corrected chi connectivity index (χ3v) is 3.03. The second kappa shape index (κ2) is 7.41. The molecule has 1 aromatic heterocycles. The number of aromatic nitrogens is 1. The van der Waals surface area contributed by atoms with Crippen LogP contribution in [-0.4, -0.2) is 31.3 Å². The standard InChI is InChI=1S/C14H22N2O/c1(11-17-12-14-2-3-14)7-15-8-4-13-5-9-16-10-6-13/h5-6,9-10,14-15H,1-4,7-8,11-12H2. The predicted molar refractivity (Wildman–Crippen MR) is 69.0 cm³/mol. The van der Waals surface area contributed by atoms with Crippen LogP contribution in [0.1, 0.15) is 24.8 Å². The van der Waals surface area contributed by atoms with Gasteiger partial charge in [0.2, 0.25) is 0 Å². The molecule has 0 saturated heterocycles. The number of ether oxygens (including phenoxy) is 1. The van der Waals surface area contributed by atoms with Crippen LogP contribution in [-0.2, 0) is 11.2 Å². The summed E-state index contributed by atoms with van der Waals surface area (Å²) in [4.78, 5) is 4.01. The summed E-state index contributed by atoms with van der Waals surface area (Å²) in [6.45, 7) is 3.97. The summed E-state index contributed by atoms with van der Waals surface area (Å²) in [5.74, 6) is 0.884. The highest BCUT2D eigenvalue weighted by atomic mass is 16.5. The van der Waals surface area contributed by atoms with E-state index in [4.69, 9.17) is 4.74 Å². The lowest BCUT2D eigenvalue weighted by Crippen LogP contribution is -2.19. The molecule has 2 rings (SSSR count). The molecule has 0 aromatic carbocycles. The summed E-state index contributed by atoms with van der Waals surface area (Å²) in [6.07, 6.45) is 8.64. The van der Waals surface area contributed by atoms with Crippen molar-refractivity contribution in [1.29, 1.82) is 0 Å². The van der Waals surface area contributed by atoms with Gasteiger partial charge in [-0.15, -0.1) is 0 Å². The summed E-state index contributed by atoms with van der Waals surface area (Å²) in [7, 11) is 0. The molecular formula is C14H22N2O. The van der Waals surface area contributed by atoms with Gasteiger partial charge in [-0.3, -0.25) is 4.98 Å². The van der Waals surface area contributed by atoms with E-state index in [1.165, 1.54) is 18.4 Å². The van der Waals surface area contributed by atoms with Crippen molar-refractivity contribution in [3.8, 4) is 0 Å². The van der Waals surface area contributed by atoms with Gasteiger partial charge in [-0.05, 0) is 62.4 Å². The van der Waals surface area contributed by atoms with Crippen LogP contribution < -0.4 is 5.32 Å². The quantitative estimate of drug-likeness (QED) is 0.664. The van der Waals surface area contributed by atoms with E-state index < -0.39 is 0 Å². The van der Waals surface area contributed by atoms with E-state index in [1.807, 2.05) is 12.4 Å². The molecule has 0 bridgehead atoms. The Labute approximate surface area is 104 Å². The van der Waals surface area contributed by atoms with E-state index in [2.05, 4.69) is 22.4 Å². The monoisotopic (exact) mass is 234 g/mol. The Kier molecular flexibility index (Phi) is 5.46. The van der Waals surface area contributed by atoms with Crippen molar-refractivity contribution in [1.82, 2.24) is 10.3 Å². The first kappa shape index (κ1) is 12.5. The van der Waals surface area contributed by atoms with Crippen LogP contribution in [0.25, 0.3) is 0 Å². The van der Waals surface area contributed by atoms with Crippen LogP contribution in [0, 0.1) is 5.92 Å². The van der Waals surface area contributed by atoms with Crippen molar-refractivity contribution < 1.29 is 4.74 Å². The molecule has 0 spiro atoms. The Morgan fingerprint density at radius 1 is 1.24 bits per heavy atom. The Morgan fingerprint density at radius 2 is 2.06 bits per heavy atom. The van der Waals surface area contributed by atoms with Crippen LogP contribution >= 0.6 is 0 Å². The summed E-state index contributed by atoms with van der Waals surface area (Å²) in [6, 6.07) is 4.14. The molecule has 94 valence electrons. The fourth-order valence-electron chi connectivity index (χ4n) is 1.74. The van der Waals surface area contributed by atoms with Gasteiger partial charge in [0.1, 0.15) is 0 Å². The van der Waals surface area contributed by atoms with E-state index in [-0.39, 0.29) is 0 Å². The maximum atomic E-state index is 5.57. The second-order valence-electron chi connectivity index (χ2n) is 4.73. The first-order chi connectivity index (χ1) is 8.45. The van der Waals surface area contributed by atoms with E-state index in [1.54, 1.807) is 0 Å². The number of pyridine rings is 1. The molecule has 1 aliphatic carbocycles. The van der Waals surface area contributed by atoms with Crippen LogP contribution in [0.4, 0.5) is 0 Å². The Hall–Kier alpha value is -0.930. The summed E-state index contributed by atoms with van der Waals surface area (Å²) < 4.78 is 5.57. The van der Waals surface area contributed by atoms with Crippen molar-refractivity contribution in [2.24, 2.45) is 5.92 Å². The maximum Gasteiger partial charge on any atom is 0.0494 e. The topological polar surface area (TPSA) is 34.1 Å². The van der Waals surface area contributed by atoms with Gasteiger partial charge >= 0.3 is 0 Å². The number of nitrogens with one attached hydrogen (secondary N) is 1. The molecule has 0 amide bonds. The fourth-order valence-corrected chi connectivity index (χ4v) is 1.74. The molecule has 1 fully saturated rings. The molecule has 0 unspecified atom stereocenters. The minimum absolute atomic E-state index is 0.884. The third kappa shape index (κ3) is 5.80. The first-order valence-electron chi connectivity index (χ1n) is 6.62. The smallest absolute Gasteiger partial charge is 0.0494 e. The van der Waals surface area contributed by atoms with Crippen LogP contribution in [0.3, 0.4) is 0 Å². The summed E-state index contributed by atoms with van der Waals surface area (Å²) in [5, 5.41) is 3.44. The zero-order valence-electron chi connectivity index (χ0n) is 10.4. The number of hydrogen-bond acceptors (Lipinski definition) is 3. The molecule has 1 N–H and O–H groups in total. The van der Waals surface area contributed by atoms with Gasteiger partial charge in [0.05, 0.1) is 0 Å². The van der Waals surface area contributed by atoms with Crippen LogP contribution in [0.15, 0.2) is 24.5 Å². The summed E-state index contributed by atoms with van der Waals surface area (Å²) >= 11 is 0. The number of nitrogens with zero attached hydrogens (tertiary/aromatic N) is 1. The Morgan fingerprint density at radius 3 is 2.82 bits per heavy atom. The van der Waals surface area contributed by atoms with E-state index >= 15 is 0 Å². The van der Waals surface area contributed by atoms with Gasteiger partial charge in [0.15, 0.2) is 0 Å². The minimum atomic E-state index is 0.884. The highest BCUT2D eigenvalue weighted by Crippen LogP contribution is 2.28. The molecule has 1 heterocycles. The van der Waals surface area contributed by atoms with E-state index in [9.17, 15) is 0 Å². The Balaban J connectivity index is 1.38.